The van der Waals surface area contributed by atoms with E-state index in [1.807, 2.05) is 0 Å². The van der Waals surface area contributed by atoms with E-state index in [2.05, 4.69) is 66.2 Å². The van der Waals surface area contributed by atoms with Crippen molar-refractivity contribution in [3.8, 4) is 0 Å². The minimum absolute atomic E-state index is 0.742. The number of allylic oxidation sites excluding steroid dienone is 1. The van der Waals surface area contributed by atoms with Gasteiger partial charge in [-0.3, -0.25) is 0 Å². The van der Waals surface area contributed by atoms with Crippen molar-refractivity contribution >= 4 is 22.0 Å². The van der Waals surface area contributed by atoms with E-state index in [9.17, 15) is 0 Å². The van der Waals surface area contributed by atoms with E-state index < -0.39 is 0 Å². The van der Waals surface area contributed by atoms with Gasteiger partial charge >= 0.3 is 0 Å². The first-order chi connectivity index (χ1) is 6.18. The highest BCUT2D eigenvalue weighted by Gasteiger charge is 1.89. The molecule has 1 aromatic rings. The molecule has 0 unspecified atom stereocenters. The van der Waals surface area contributed by atoms with Crippen LogP contribution in [0.25, 0.3) is 6.08 Å². The third kappa shape index (κ3) is 4.28. The highest BCUT2D eigenvalue weighted by Crippen LogP contribution is 2.12. The molecule has 0 atom stereocenters. The Bertz CT molecular complexity index is 270. The van der Waals surface area contributed by atoms with E-state index >= 15 is 0 Å². The Balaban J connectivity index is 2.54. The van der Waals surface area contributed by atoms with Crippen molar-refractivity contribution in [3.05, 3.63) is 40.4 Å². The second kappa shape index (κ2) is 5.23. The molecule has 1 heteroatoms. The largest absolute Gasteiger partial charge is 0.0837 e. The van der Waals surface area contributed by atoms with Crippen LogP contribution in [-0.2, 0) is 0 Å². The normalized spacial score (nSPS) is 11.4. The third-order valence-electron chi connectivity index (χ3n) is 1.79. The van der Waals surface area contributed by atoms with Crippen molar-refractivity contribution < 1.29 is 0 Å². The molecule has 0 spiro atoms. The van der Waals surface area contributed by atoms with Gasteiger partial charge in [-0.05, 0) is 30.0 Å². The summed E-state index contributed by atoms with van der Waals surface area (Å²) in [6.45, 7) is 4.46. The standard InChI is InChI=1S/C12H15Br/c1-10(2)4-3-5-11-6-8-12(13)9-7-11/h3,5-10H,4H2,1-2H3/b5-3-. The predicted molar refractivity (Wildman–Crippen MR) is 62.6 cm³/mol. The van der Waals surface area contributed by atoms with Gasteiger partial charge in [-0.15, -0.1) is 0 Å². The van der Waals surface area contributed by atoms with Crippen LogP contribution in [0.15, 0.2) is 34.8 Å². The molecule has 1 rings (SSSR count). The zero-order valence-corrected chi connectivity index (χ0v) is 9.71. The molecule has 0 saturated carbocycles. The summed E-state index contributed by atoms with van der Waals surface area (Å²) >= 11 is 3.41. The molecular weight excluding hydrogens is 224 g/mol. The summed E-state index contributed by atoms with van der Waals surface area (Å²) in [5, 5.41) is 0. The monoisotopic (exact) mass is 238 g/mol. The van der Waals surface area contributed by atoms with Crippen LogP contribution in [0.2, 0.25) is 0 Å². The zero-order valence-electron chi connectivity index (χ0n) is 8.13. The van der Waals surface area contributed by atoms with Gasteiger partial charge in [-0.1, -0.05) is 54.1 Å². The molecule has 0 aliphatic heterocycles. The van der Waals surface area contributed by atoms with Gasteiger partial charge in [0.2, 0.25) is 0 Å². The van der Waals surface area contributed by atoms with Gasteiger partial charge in [0, 0.05) is 4.47 Å². The highest BCUT2D eigenvalue weighted by atomic mass is 79.9. The van der Waals surface area contributed by atoms with Crippen LogP contribution in [0.5, 0.6) is 0 Å². The van der Waals surface area contributed by atoms with Crippen LogP contribution < -0.4 is 0 Å². The van der Waals surface area contributed by atoms with Gasteiger partial charge < -0.3 is 0 Å². The topological polar surface area (TPSA) is 0 Å². The van der Waals surface area contributed by atoms with Gasteiger partial charge in [-0.2, -0.15) is 0 Å². The van der Waals surface area contributed by atoms with E-state index in [1.165, 1.54) is 5.56 Å². The fourth-order valence-corrected chi connectivity index (χ4v) is 1.31. The average Bonchev–Trinajstić information content (AvgIpc) is 2.08. The predicted octanol–water partition coefficient (Wildman–Crippen LogP) is 4.51. The summed E-state index contributed by atoms with van der Waals surface area (Å²) in [6.07, 6.45) is 5.55. The number of hydrogen-bond donors (Lipinski definition) is 0. The quantitative estimate of drug-likeness (QED) is 0.728. The van der Waals surface area contributed by atoms with Crippen molar-refractivity contribution in [2.24, 2.45) is 5.92 Å². The first-order valence-corrected chi connectivity index (χ1v) is 5.40. The van der Waals surface area contributed by atoms with Gasteiger partial charge in [0.1, 0.15) is 0 Å². The van der Waals surface area contributed by atoms with Crippen molar-refractivity contribution in [2.75, 3.05) is 0 Å². The summed E-state index contributed by atoms with van der Waals surface area (Å²) in [5.41, 5.74) is 1.27. The summed E-state index contributed by atoms with van der Waals surface area (Å²) in [5.74, 6) is 0.742. The Labute approximate surface area is 88.8 Å². The maximum atomic E-state index is 3.41. The van der Waals surface area contributed by atoms with E-state index in [0.717, 1.165) is 16.8 Å². The first-order valence-electron chi connectivity index (χ1n) is 4.60. The van der Waals surface area contributed by atoms with Crippen molar-refractivity contribution in [3.63, 3.8) is 0 Å². The van der Waals surface area contributed by atoms with E-state index in [1.54, 1.807) is 0 Å². The molecule has 0 heterocycles. The van der Waals surface area contributed by atoms with E-state index in [0.29, 0.717) is 0 Å². The first kappa shape index (κ1) is 10.5. The maximum Gasteiger partial charge on any atom is 0.0175 e. The lowest BCUT2D eigenvalue weighted by Gasteiger charge is -1.97. The molecule has 0 fully saturated rings. The summed E-state index contributed by atoms with van der Waals surface area (Å²) in [7, 11) is 0. The molecule has 70 valence electrons. The molecule has 0 nitrogen and oxygen atoms in total. The van der Waals surface area contributed by atoms with Gasteiger partial charge in [0.25, 0.3) is 0 Å². The fourth-order valence-electron chi connectivity index (χ4n) is 1.05. The maximum absolute atomic E-state index is 3.41. The number of hydrogen-bond acceptors (Lipinski definition) is 0. The lowest BCUT2D eigenvalue weighted by Crippen LogP contribution is -1.81. The lowest BCUT2D eigenvalue weighted by atomic mass is 10.1. The van der Waals surface area contributed by atoms with Crippen LogP contribution in [0, 0.1) is 5.92 Å². The highest BCUT2D eigenvalue weighted by molar-refractivity contribution is 9.10. The van der Waals surface area contributed by atoms with Crippen LogP contribution in [0.3, 0.4) is 0 Å². The molecule has 0 aliphatic carbocycles. The molecular formula is C12H15Br. The molecule has 0 N–H and O–H groups in total. The molecule has 0 aromatic heterocycles. The zero-order chi connectivity index (χ0) is 9.68. The Kier molecular flexibility index (Phi) is 4.23. The van der Waals surface area contributed by atoms with Crippen LogP contribution in [-0.4, -0.2) is 0 Å². The molecule has 0 radical (unpaired) electrons. The smallest absolute Gasteiger partial charge is 0.0175 e. The van der Waals surface area contributed by atoms with Crippen LogP contribution in [0.1, 0.15) is 25.8 Å². The lowest BCUT2D eigenvalue weighted by molar-refractivity contribution is 0.665. The second-order valence-electron chi connectivity index (χ2n) is 3.58. The van der Waals surface area contributed by atoms with E-state index in [4.69, 9.17) is 0 Å². The van der Waals surface area contributed by atoms with Gasteiger partial charge in [-0.25, -0.2) is 0 Å². The fraction of sp³-hybridized carbons (Fsp3) is 0.333. The molecule has 13 heavy (non-hydrogen) atoms. The summed E-state index contributed by atoms with van der Waals surface area (Å²) in [4.78, 5) is 0. The number of rotatable bonds is 3. The summed E-state index contributed by atoms with van der Waals surface area (Å²) < 4.78 is 1.13. The summed E-state index contributed by atoms with van der Waals surface area (Å²) in [6, 6.07) is 8.35. The number of benzene rings is 1. The van der Waals surface area contributed by atoms with Crippen molar-refractivity contribution in [2.45, 2.75) is 20.3 Å². The third-order valence-corrected chi connectivity index (χ3v) is 2.32. The van der Waals surface area contributed by atoms with Crippen LogP contribution >= 0.6 is 15.9 Å². The van der Waals surface area contributed by atoms with Crippen LogP contribution in [0.4, 0.5) is 0 Å². The Morgan fingerprint density at radius 2 is 1.85 bits per heavy atom. The molecule has 1 aromatic carbocycles. The SMILES string of the molecule is CC(C)C/C=C\c1ccc(Br)cc1. The van der Waals surface area contributed by atoms with Crippen molar-refractivity contribution in [1.82, 2.24) is 0 Å². The Morgan fingerprint density at radius 3 is 2.38 bits per heavy atom. The minimum Gasteiger partial charge on any atom is -0.0837 e. The molecule has 0 bridgehead atoms. The van der Waals surface area contributed by atoms with Gasteiger partial charge in [0.15, 0.2) is 0 Å². The van der Waals surface area contributed by atoms with E-state index in [-0.39, 0.29) is 0 Å². The van der Waals surface area contributed by atoms with Gasteiger partial charge in [0.05, 0.1) is 0 Å². The molecule has 0 amide bonds. The Hall–Kier alpha value is -0.560. The molecule has 0 aliphatic rings. The average molecular weight is 239 g/mol. The second-order valence-corrected chi connectivity index (χ2v) is 4.50. The minimum atomic E-state index is 0.742. The number of halogens is 1. The molecule has 0 saturated heterocycles. The Morgan fingerprint density at radius 1 is 1.23 bits per heavy atom. The van der Waals surface area contributed by atoms with Crippen molar-refractivity contribution in [1.29, 1.82) is 0 Å².